The number of fused-ring (bicyclic) bond motifs is 2. The van der Waals surface area contributed by atoms with E-state index in [0.717, 1.165) is 11.3 Å². The van der Waals surface area contributed by atoms with Crippen molar-refractivity contribution < 1.29 is 4.79 Å². The van der Waals surface area contributed by atoms with Gasteiger partial charge in [0.2, 0.25) is 6.29 Å². The third kappa shape index (κ3) is 0.447. The van der Waals surface area contributed by atoms with Crippen LogP contribution in [0.3, 0.4) is 0 Å². The van der Waals surface area contributed by atoms with Gasteiger partial charge in [0.1, 0.15) is 0 Å². The maximum Gasteiger partial charge on any atom is 0.212 e. The van der Waals surface area contributed by atoms with Crippen molar-refractivity contribution in [1.82, 2.24) is 4.98 Å². The summed E-state index contributed by atoms with van der Waals surface area (Å²) in [4.78, 5) is 14.1. The average Bonchev–Trinajstić information content (AvgIpc) is 1.90. The number of carbonyl (C=O) groups excluding carboxylic acids is 1. The Hall–Kier alpha value is -1.18. The van der Waals surface area contributed by atoms with E-state index in [-0.39, 0.29) is 5.92 Å². The summed E-state index contributed by atoms with van der Waals surface area (Å²) in [5.41, 5.74) is 1.89. The second-order valence-corrected chi connectivity index (χ2v) is 2.06. The molecule has 0 spiro atoms. The Balaban J connectivity index is 2.52. The molecule has 0 N–H and O–H groups in total. The fourth-order valence-corrected chi connectivity index (χ4v) is 1.01. The molecule has 9 heavy (non-hydrogen) atoms. The van der Waals surface area contributed by atoms with Gasteiger partial charge in [-0.2, -0.15) is 0 Å². The van der Waals surface area contributed by atoms with E-state index in [9.17, 15) is 4.79 Å². The Bertz CT molecular complexity index is 230. The number of aromatic nitrogens is 1. The highest BCUT2D eigenvalue weighted by atomic mass is 16.1. The summed E-state index contributed by atoms with van der Waals surface area (Å²) in [6.45, 7) is 0. The molecule has 1 aromatic rings. The first-order chi connectivity index (χ1) is 4.42. The van der Waals surface area contributed by atoms with Gasteiger partial charge in [0.05, 0.1) is 11.6 Å². The van der Waals surface area contributed by atoms with Gasteiger partial charge in [0.15, 0.2) is 0 Å². The van der Waals surface area contributed by atoms with E-state index in [1.54, 1.807) is 6.20 Å². The predicted molar refractivity (Wildman–Crippen MR) is 31.8 cm³/mol. The summed E-state index contributed by atoms with van der Waals surface area (Å²) in [7, 11) is 0. The minimum absolute atomic E-state index is 0.130. The van der Waals surface area contributed by atoms with Crippen molar-refractivity contribution in [3.8, 4) is 0 Å². The van der Waals surface area contributed by atoms with Crippen LogP contribution in [0, 0.1) is 0 Å². The van der Waals surface area contributed by atoms with Gasteiger partial charge in [0, 0.05) is 6.20 Å². The molecule has 3 rings (SSSR count). The SMILES string of the molecule is O=[C]C1c2ccnc1c2. The fraction of sp³-hybridized carbons (Fsp3) is 0.143. The zero-order chi connectivity index (χ0) is 6.27. The maximum atomic E-state index is 10.1. The number of rotatable bonds is 1. The van der Waals surface area contributed by atoms with Gasteiger partial charge < -0.3 is 0 Å². The van der Waals surface area contributed by atoms with Crippen molar-refractivity contribution in [2.45, 2.75) is 5.92 Å². The standard InChI is InChI=1S/C7H4NO/c9-4-6-5-1-2-8-7(6)3-5/h1-3,6H. The molecule has 2 nitrogen and oxygen atoms in total. The van der Waals surface area contributed by atoms with Crippen LogP contribution in [0.1, 0.15) is 17.2 Å². The molecular weight excluding hydrogens is 114 g/mol. The van der Waals surface area contributed by atoms with Gasteiger partial charge in [-0.25, -0.2) is 0 Å². The highest BCUT2D eigenvalue weighted by Crippen LogP contribution is 2.30. The molecular formula is C7H4NO. The van der Waals surface area contributed by atoms with E-state index < -0.39 is 0 Å². The summed E-state index contributed by atoms with van der Waals surface area (Å²) in [6, 6.07) is 3.73. The first kappa shape index (κ1) is 4.68. The minimum atomic E-state index is -0.130. The molecule has 0 aromatic carbocycles. The van der Waals surface area contributed by atoms with Gasteiger partial charge >= 0.3 is 0 Å². The summed E-state index contributed by atoms with van der Waals surface area (Å²) < 4.78 is 0. The second kappa shape index (κ2) is 1.41. The Labute approximate surface area is 52.5 Å². The smallest absolute Gasteiger partial charge is 0.212 e. The van der Waals surface area contributed by atoms with Crippen LogP contribution in [0.25, 0.3) is 0 Å². The van der Waals surface area contributed by atoms with E-state index >= 15 is 0 Å². The highest BCUT2D eigenvalue weighted by molar-refractivity contribution is 5.72. The van der Waals surface area contributed by atoms with Crippen molar-refractivity contribution in [3.05, 3.63) is 29.6 Å². The van der Waals surface area contributed by atoms with E-state index in [4.69, 9.17) is 0 Å². The van der Waals surface area contributed by atoms with E-state index in [1.165, 1.54) is 0 Å². The van der Waals surface area contributed by atoms with Crippen LogP contribution < -0.4 is 0 Å². The number of nitrogens with zero attached hydrogens (tertiary/aromatic N) is 1. The first-order valence-electron chi connectivity index (χ1n) is 2.75. The molecule has 2 bridgehead atoms. The van der Waals surface area contributed by atoms with Crippen LogP contribution >= 0.6 is 0 Å². The number of pyridine rings is 1. The average molecular weight is 118 g/mol. The zero-order valence-electron chi connectivity index (χ0n) is 4.66. The minimum Gasteiger partial charge on any atom is -0.290 e. The third-order valence-electron chi connectivity index (χ3n) is 1.55. The predicted octanol–water partition coefficient (Wildman–Crippen LogP) is 0.637. The van der Waals surface area contributed by atoms with Crippen molar-refractivity contribution >= 4 is 6.29 Å². The van der Waals surface area contributed by atoms with Crippen molar-refractivity contribution in [2.24, 2.45) is 0 Å². The largest absolute Gasteiger partial charge is 0.290 e. The van der Waals surface area contributed by atoms with E-state index in [1.807, 2.05) is 18.4 Å². The lowest BCUT2D eigenvalue weighted by molar-refractivity contribution is 0.545. The molecule has 2 heteroatoms. The lowest BCUT2D eigenvalue weighted by atomic mass is 9.87. The summed E-state index contributed by atoms with van der Waals surface area (Å²) in [5.74, 6) is -0.130. The fourth-order valence-electron chi connectivity index (χ4n) is 1.01. The monoisotopic (exact) mass is 118 g/mol. The number of hydrogen-bond acceptors (Lipinski definition) is 2. The van der Waals surface area contributed by atoms with Gasteiger partial charge in [0.25, 0.3) is 0 Å². The quantitative estimate of drug-likeness (QED) is 0.541. The third-order valence-corrected chi connectivity index (χ3v) is 1.55. The molecule has 1 unspecified atom stereocenters. The van der Waals surface area contributed by atoms with Gasteiger partial charge in [-0.1, -0.05) is 0 Å². The van der Waals surface area contributed by atoms with Crippen LogP contribution in [0.4, 0.5) is 0 Å². The molecule has 0 saturated carbocycles. The van der Waals surface area contributed by atoms with Gasteiger partial charge in [-0.05, 0) is 17.7 Å². The van der Waals surface area contributed by atoms with Crippen LogP contribution in [0.5, 0.6) is 0 Å². The van der Waals surface area contributed by atoms with Crippen LogP contribution in [-0.2, 0) is 4.79 Å². The second-order valence-electron chi connectivity index (χ2n) is 2.06. The molecule has 1 atom stereocenters. The maximum absolute atomic E-state index is 10.1. The van der Waals surface area contributed by atoms with Crippen LogP contribution in [0.2, 0.25) is 0 Å². The molecule has 0 fully saturated rings. The summed E-state index contributed by atoms with van der Waals surface area (Å²) in [6.07, 6.45) is 3.61. The van der Waals surface area contributed by atoms with Crippen molar-refractivity contribution in [1.29, 1.82) is 0 Å². The molecule has 2 heterocycles. The molecule has 1 aromatic heterocycles. The van der Waals surface area contributed by atoms with E-state index in [0.29, 0.717) is 0 Å². The molecule has 1 aliphatic carbocycles. The topological polar surface area (TPSA) is 30.0 Å². The summed E-state index contributed by atoms with van der Waals surface area (Å²) >= 11 is 0. The molecule has 0 saturated heterocycles. The highest BCUT2D eigenvalue weighted by Gasteiger charge is 2.24. The van der Waals surface area contributed by atoms with E-state index in [2.05, 4.69) is 4.98 Å². The Morgan fingerprint density at radius 3 is 2.89 bits per heavy atom. The zero-order valence-corrected chi connectivity index (χ0v) is 4.66. The molecule has 0 amide bonds. The molecule has 2 aliphatic rings. The normalized spacial score (nSPS) is 20.7. The molecule has 43 valence electrons. The Morgan fingerprint density at radius 2 is 2.56 bits per heavy atom. The Morgan fingerprint density at radius 1 is 1.67 bits per heavy atom. The molecule has 1 radical (unpaired) electrons. The van der Waals surface area contributed by atoms with Crippen LogP contribution in [-0.4, -0.2) is 11.3 Å². The van der Waals surface area contributed by atoms with Gasteiger partial charge in [-0.15, -0.1) is 0 Å². The Kier molecular flexibility index (Phi) is 0.730. The summed E-state index contributed by atoms with van der Waals surface area (Å²) in [5, 5.41) is 0. The lowest BCUT2D eigenvalue weighted by Crippen LogP contribution is -2.13. The lowest BCUT2D eigenvalue weighted by Gasteiger charge is -2.18. The van der Waals surface area contributed by atoms with Crippen LogP contribution in [0.15, 0.2) is 18.3 Å². The van der Waals surface area contributed by atoms with Crippen molar-refractivity contribution in [2.75, 3.05) is 0 Å². The van der Waals surface area contributed by atoms with Crippen molar-refractivity contribution in [3.63, 3.8) is 0 Å². The number of hydrogen-bond donors (Lipinski definition) is 0. The molecule has 1 aliphatic heterocycles. The first-order valence-corrected chi connectivity index (χ1v) is 2.75. The van der Waals surface area contributed by atoms with Gasteiger partial charge in [-0.3, -0.25) is 9.78 Å².